The molecule has 292 valence electrons. The van der Waals surface area contributed by atoms with Gasteiger partial charge in [-0.25, -0.2) is 0 Å². The second-order valence-corrected chi connectivity index (χ2v) is 15.1. The molecule has 0 spiro atoms. The van der Waals surface area contributed by atoms with Crippen molar-refractivity contribution in [3.05, 3.63) is 71.9 Å². The lowest BCUT2D eigenvalue weighted by molar-refractivity contribution is -0.134. The van der Waals surface area contributed by atoms with Crippen LogP contribution in [-0.2, 0) is 41.6 Å². The maximum Gasteiger partial charge on any atom is 0.243 e. The van der Waals surface area contributed by atoms with Crippen molar-refractivity contribution in [2.45, 2.75) is 109 Å². The van der Waals surface area contributed by atoms with Gasteiger partial charge >= 0.3 is 0 Å². The van der Waals surface area contributed by atoms with E-state index in [-0.39, 0.29) is 50.1 Å². The first kappa shape index (κ1) is 41.5. The van der Waals surface area contributed by atoms with Crippen LogP contribution in [0.15, 0.2) is 60.8 Å². The Kier molecular flexibility index (Phi) is 15.2. The lowest BCUT2D eigenvalue weighted by Gasteiger charge is -2.32. The third kappa shape index (κ3) is 12.4. The molecule has 6 amide bonds. The number of rotatable bonds is 11. The minimum absolute atomic E-state index is 0.0342. The summed E-state index contributed by atoms with van der Waals surface area (Å²) in [6, 6.07) is 11.6. The fourth-order valence-electron chi connectivity index (χ4n) is 6.76. The van der Waals surface area contributed by atoms with E-state index in [1.165, 1.54) is 0 Å². The molecule has 1 saturated heterocycles. The molecular formula is C40H56N8O6. The first-order valence-corrected chi connectivity index (χ1v) is 18.8. The quantitative estimate of drug-likeness (QED) is 0.145. The summed E-state index contributed by atoms with van der Waals surface area (Å²) in [5, 5.41) is 18.4. The molecule has 0 saturated carbocycles. The highest BCUT2D eigenvalue weighted by atomic mass is 16.2. The van der Waals surface area contributed by atoms with Gasteiger partial charge in [0.2, 0.25) is 35.4 Å². The Morgan fingerprint density at radius 2 is 1.31 bits per heavy atom. The van der Waals surface area contributed by atoms with Crippen LogP contribution in [0, 0.1) is 11.8 Å². The zero-order valence-electron chi connectivity index (χ0n) is 31.9. The van der Waals surface area contributed by atoms with Crippen LogP contribution in [0.1, 0.15) is 71.4 Å². The van der Waals surface area contributed by atoms with Gasteiger partial charge in [-0.05, 0) is 55.2 Å². The number of fused-ring (bicyclic) bond motifs is 1. The van der Waals surface area contributed by atoms with Crippen molar-refractivity contribution in [1.82, 2.24) is 36.9 Å². The molecule has 1 aliphatic heterocycles. The Bertz CT molecular complexity index is 1760. The number of benzene rings is 2. The van der Waals surface area contributed by atoms with Crippen LogP contribution in [0.25, 0.3) is 10.9 Å². The first-order valence-electron chi connectivity index (χ1n) is 18.8. The molecule has 0 bridgehead atoms. The smallest absolute Gasteiger partial charge is 0.243 e. The number of carbonyl (C=O) groups is 6. The molecule has 0 unspecified atom stereocenters. The number of primary amides is 1. The predicted octanol–water partition coefficient (Wildman–Crippen LogP) is 1.73. The van der Waals surface area contributed by atoms with E-state index in [2.05, 4.69) is 36.9 Å². The van der Waals surface area contributed by atoms with E-state index in [9.17, 15) is 28.8 Å². The molecule has 6 atom stereocenters. The third-order valence-electron chi connectivity index (χ3n) is 9.55. The zero-order chi connectivity index (χ0) is 39.4. The van der Waals surface area contributed by atoms with Crippen LogP contribution in [0.3, 0.4) is 0 Å². The van der Waals surface area contributed by atoms with Gasteiger partial charge in [0, 0.05) is 48.4 Å². The van der Waals surface area contributed by atoms with Crippen LogP contribution < -0.4 is 37.6 Å². The van der Waals surface area contributed by atoms with Crippen LogP contribution in [0.2, 0.25) is 0 Å². The van der Waals surface area contributed by atoms with Crippen molar-refractivity contribution >= 4 is 46.3 Å². The summed E-state index contributed by atoms with van der Waals surface area (Å²) in [6.45, 7) is 9.52. The lowest BCUT2D eigenvalue weighted by atomic mass is 9.95. The Morgan fingerprint density at radius 3 is 1.98 bits per heavy atom. The lowest BCUT2D eigenvalue weighted by Crippen LogP contribution is -2.61. The number of hydrogen-bond donors (Lipinski definition) is 8. The summed E-state index contributed by atoms with van der Waals surface area (Å²) in [4.78, 5) is 84.6. The van der Waals surface area contributed by atoms with E-state index in [1.54, 1.807) is 6.20 Å². The van der Waals surface area contributed by atoms with E-state index in [1.807, 2.05) is 89.2 Å². The maximum atomic E-state index is 14.3. The highest BCUT2D eigenvalue weighted by Gasteiger charge is 2.34. The number of nitrogens with two attached hydrogens (primary N) is 1. The largest absolute Gasteiger partial charge is 0.370 e. The summed E-state index contributed by atoms with van der Waals surface area (Å²) >= 11 is 0. The highest BCUT2D eigenvalue weighted by molar-refractivity contribution is 5.96. The fraction of sp³-hybridized carbons (Fsp3) is 0.500. The molecule has 0 radical (unpaired) electrons. The van der Waals surface area contributed by atoms with E-state index in [0.717, 1.165) is 22.0 Å². The van der Waals surface area contributed by atoms with Gasteiger partial charge in [-0.2, -0.15) is 0 Å². The summed E-state index contributed by atoms with van der Waals surface area (Å²) in [7, 11) is 0. The SMILES string of the molecule is CC(C)C[C@@H]1N[C@H](C)[C@H](CC(C)C)NC(=O)CNC(=O)[C@H](Cc2ccccc2)NC(=O)[C@H](Cc2c[nH]c3ccccc23)NC(=O)[C@H](CCC(N)=O)NC1=O. The normalized spacial score (nSPS) is 23.9. The molecule has 1 aliphatic rings. The molecule has 14 nitrogen and oxygen atoms in total. The number of aromatic nitrogens is 1. The summed E-state index contributed by atoms with van der Waals surface area (Å²) < 4.78 is 0. The van der Waals surface area contributed by atoms with Gasteiger partial charge in [0.25, 0.3) is 0 Å². The minimum atomic E-state index is -1.22. The summed E-state index contributed by atoms with van der Waals surface area (Å²) in [5.41, 5.74) is 7.82. The van der Waals surface area contributed by atoms with Crippen LogP contribution in [0.4, 0.5) is 0 Å². The van der Waals surface area contributed by atoms with E-state index in [0.29, 0.717) is 12.8 Å². The van der Waals surface area contributed by atoms with Crippen LogP contribution >= 0.6 is 0 Å². The van der Waals surface area contributed by atoms with Crippen LogP contribution in [-0.4, -0.2) is 83.2 Å². The average Bonchev–Trinajstić information content (AvgIpc) is 3.53. The molecule has 0 aliphatic carbocycles. The molecule has 54 heavy (non-hydrogen) atoms. The molecular weight excluding hydrogens is 688 g/mol. The van der Waals surface area contributed by atoms with Gasteiger partial charge in [0.05, 0.1) is 12.6 Å². The van der Waals surface area contributed by atoms with Gasteiger partial charge < -0.3 is 42.6 Å². The summed E-state index contributed by atoms with van der Waals surface area (Å²) in [6.07, 6.45) is 2.59. The number of carbonyl (C=O) groups excluding carboxylic acids is 6. The molecule has 2 heterocycles. The molecule has 2 aromatic carbocycles. The second kappa shape index (κ2) is 19.7. The van der Waals surface area contributed by atoms with Crippen molar-refractivity contribution in [2.75, 3.05) is 6.54 Å². The monoisotopic (exact) mass is 744 g/mol. The van der Waals surface area contributed by atoms with Crippen molar-refractivity contribution in [3.63, 3.8) is 0 Å². The summed E-state index contributed by atoms with van der Waals surface area (Å²) in [5.74, 6) is -3.19. The van der Waals surface area contributed by atoms with Gasteiger partial charge in [-0.3, -0.25) is 28.8 Å². The van der Waals surface area contributed by atoms with Crippen molar-refractivity contribution < 1.29 is 28.8 Å². The Balaban J connectivity index is 1.75. The fourth-order valence-corrected chi connectivity index (χ4v) is 6.76. The van der Waals surface area contributed by atoms with Crippen molar-refractivity contribution in [1.29, 1.82) is 0 Å². The topological polar surface area (TPSA) is 216 Å². The number of aromatic amines is 1. The zero-order valence-corrected chi connectivity index (χ0v) is 31.9. The number of hydrogen-bond acceptors (Lipinski definition) is 7. The minimum Gasteiger partial charge on any atom is -0.370 e. The van der Waals surface area contributed by atoms with E-state index >= 15 is 0 Å². The number of nitrogens with one attached hydrogen (secondary N) is 7. The molecule has 1 aromatic heterocycles. The third-order valence-corrected chi connectivity index (χ3v) is 9.55. The van der Waals surface area contributed by atoms with Crippen molar-refractivity contribution in [2.24, 2.45) is 17.6 Å². The van der Waals surface area contributed by atoms with Gasteiger partial charge in [-0.15, -0.1) is 0 Å². The molecule has 1 fully saturated rings. The Labute approximate surface area is 316 Å². The highest BCUT2D eigenvalue weighted by Crippen LogP contribution is 2.20. The maximum absolute atomic E-state index is 14.3. The standard InChI is InChI=1S/C40H56N8O6/c1-23(2)17-31-25(5)44-32(18-24(3)4)39(53)46-30(15-16-35(41)49)38(52)48-34(20-27-21-42-29-14-10-9-13-28(27)29)40(54)47-33(19-26-11-7-6-8-12-26)37(51)43-22-36(50)45-31/h6-14,21,23-25,30-34,42,44H,15-20,22H2,1-5H3,(H2,41,49)(H,43,51)(H,45,50)(H,46,53)(H,47,54)(H,48,52)/t25-,30+,31+,32+,33+,34+/m1/s1. The number of amides is 6. The van der Waals surface area contributed by atoms with E-state index < -0.39 is 65.7 Å². The molecule has 4 rings (SSSR count). The Hall–Kier alpha value is -5.24. The first-order chi connectivity index (χ1) is 25.7. The molecule has 3 aromatic rings. The van der Waals surface area contributed by atoms with E-state index in [4.69, 9.17) is 5.73 Å². The second-order valence-electron chi connectivity index (χ2n) is 15.1. The van der Waals surface area contributed by atoms with Gasteiger partial charge in [-0.1, -0.05) is 76.2 Å². The predicted molar refractivity (Wildman–Crippen MR) is 207 cm³/mol. The van der Waals surface area contributed by atoms with Gasteiger partial charge in [0.1, 0.15) is 18.1 Å². The number of H-pyrrole nitrogens is 1. The average molecular weight is 745 g/mol. The van der Waals surface area contributed by atoms with Crippen LogP contribution in [0.5, 0.6) is 0 Å². The van der Waals surface area contributed by atoms with Crippen molar-refractivity contribution in [3.8, 4) is 0 Å². The molecule has 9 N–H and O–H groups in total. The number of para-hydroxylation sites is 1. The molecule has 14 heteroatoms. The van der Waals surface area contributed by atoms with Gasteiger partial charge in [0.15, 0.2) is 0 Å². The Morgan fingerprint density at radius 1 is 0.722 bits per heavy atom.